The molecule has 0 aliphatic rings. The van der Waals surface area contributed by atoms with Gasteiger partial charge in [-0.1, -0.05) is 78.5 Å². The Morgan fingerprint density at radius 1 is 1.00 bits per heavy atom. The zero-order valence-electron chi connectivity index (χ0n) is 16.8. The highest BCUT2D eigenvalue weighted by Gasteiger charge is 2.17. The van der Waals surface area contributed by atoms with E-state index in [1.807, 2.05) is 91.2 Å². The maximum Gasteiger partial charge on any atom is 0.270 e. The van der Waals surface area contributed by atoms with E-state index in [0.29, 0.717) is 17.5 Å². The van der Waals surface area contributed by atoms with Gasteiger partial charge in [0.15, 0.2) is 5.16 Å². The van der Waals surface area contributed by atoms with Gasteiger partial charge in [0, 0.05) is 5.56 Å². The van der Waals surface area contributed by atoms with Crippen molar-refractivity contribution in [2.24, 2.45) is 0 Å². The van der Waals surface area contributed by atoms with E-state index < -0.39 is 5.56 Å². The quantitative estimate of drug-likeness (QED) is 0.336. The van der Waals surface area contributed by atoms with Gasteiger partial charge in [0.25, 0.3) is 5.56 Å². The molecular formula is C25H19N3O2S. The first-order chi connectivity index (χ1) is 15.2. The Morgan fingerprint density at radius 2 is 1.74 bits per heavy atom. The SMILES string of the molecule is CSc1nc(-c2ccccc2-c2cccc(OCc3ccccc3)c2)c(C#N)c(=O)[nH]1. The number of aromatic nitrogens is 2. The van der Waals surface area contributed by atoms with Gasteiger partial charge in [0.2, 0.25) is 0 Å². The Morgan fingerprint density at radius 3 is 2.48 bits per heavy atom. The van der Waals surface area contributed by atoms with E-state index in [-0.39, 0.29) is 5.56 Å². The topological polar surface area (TPSA) is 78.8 Å². The highest BCUT2D eigenvalue weighted by atomic mass is 32.2. The first-order valence-electron chi connectivity index (χ1n) is 9.64. The second-order valence-electron chi connectivity index (χ2n) is 6.76. The number of rotatable bonds is 6. The molecule has 1 heterocycles. The van der Waals surface area contributed by atoms with Crippen LogP contribution < -0.4 is 10.3 Å². The molecule has 152 valence electrons. The lowest BCUT2D eigenvalue weighted by molar-refractivity contribution is 0.306. The normalized spacial score (nSPS) is 10.5. The number of nitrogens with zero attached hydrogens (tertiary/aromatic N) is 2. The minimum absolute atomic E-state index is 0.00160. The van der Waals surface area contributed by atoms with E-state index in [2.05, 4.69) is 9.97 Å². The molecule has 0 amide bonds. The summed E-state index contributed by atoms with van der Waals surface area (Å²) in [5.41, 5.74) is 3.53. The van der Waals surface area contributed by atoms with Crippen LogP contribution in [0.15, 0.2) is 88.8 Å². The first-order valence-corrected chi connectivity index (χ1v) is 10.9. The molecule has 0 unspecified atom stereocenters. The minimum atomic E-state index is -0.438. The fourth-order valence-corrected chi connectivity index (χ4v) is 3.66. The zero-order valence-corrected chi connectivity index (χ0v) is 17.6. The van der Waals surface area contributed by atoms with E-state index in [9.17, 15) is 10.1 Å². The Bertz CT molecular complexity index is 1310. The van der Waals surface area contributed by atoms with Crippen LogP contribution in [0.3, 0.4) is 0 Å². The highest BCUT2D eigenvalue weighted by molar-refractivity contribution is 7.98. The summed E-state index contributed by atoms with van der Waals surface area (Å²) in [6.45, 7) is 0.469. The Hall–Kier alpha value is -3.82. The maximum atomic E-state index is 12.4. The molecule has 0 atom stereocenters. The minimum Gasteiger partial charge on any atom is -0.489 e. The van der Waals surface area contributed by atoms with Gasteiger partial charge in [-0.15, -0.1) is 0 Å². The molecule has 3 aromatic carbocycles. The molecule has 0 spiro atoms. The maximum absolute atomic E-state index is 12.4. The van der Waals surface area contributed by atoms with E-state index in [4.69, 9.17) is 4.74 Å². The number of aromatic amines is 1. The first kappa shape index (κ1) is 20.5. The van der Waals surface area contributed by atoms with Crippen molar-refractivity contribution in [3.63, 3.8) is 0 Å². The molecule has 5 nitrogen and oxygen atoms in total. The molecule has 1 N–H and O–H groups in total. The average molecular weight is 426 g/mol. The lowest BCUT2D eigenvalue weighted by Gasteiger charge is -2.13. The third-order valence-electron chi connectivity index (χ3n) is 4.78. The summed E-state index contributed by atoms with van der Waals surface area (Å²) in [4.78, 5) is 19.6. The van der Waals surface area contributed by atoms with E-state index in [1.54, 1.807) is 0 Å². The van der Waals surface area contributed by atoms with Crippen LogP contribution in [0.1, 0.15) is 11.1 Å². The summed E-state index contributed by atoms with van der Waals surface area (Å²) < 4.78 is 5.97. The molecule has 4 rings (SSSR count). The van der Waals surface area contributed by atoms with Crippen molar-refractivity contribution < 1.29 is 4.74 Å². The Balaban J connectivity index is 1.75. The smallest absolute Gasteiger partial charge is 0.270 e. The van der Waals surface area contributed by atoms with Crippen molar-refractivity contribution >= 4 is 11.8 Å². The fourth-order valence-electron chi connectivity index (χ4n) is 3.28. The second-order valence-corrected chi connectivity index (χ2v) is 7.55. The highest BCUT2D eigenvalue weighted by Crippen LogP contribution is 2.34. The molecule has 0 radical (unpaired) electrons. The molecule has 0 fully saturated rings. The summed E-state index contributed by atoms with van der Waals surface area (Å²) in [5, 5.41) is 10.0. The number of hydrogen-bond acceptors (Lipinski definition) is 5. The van der Waals surface area contributed by atoms with Gasteiger partial charge in [-0.3, -0.25) is 4.79 Å². The van der Waals surface area contributed by atoms with E-state index in [0.717, 1.165) is 28.0 Å². The standard InChI is InChI=1S/C25H19N3O2S/c1-31-25-27-23(22(15-26)24(29)28-25)21-13-6-5-12-20(21)18-10-7-11-19(14-18)30-16-17-8-3-2-4-9-17/h2-14H,16H2,1H3,(H,27,28,29). The van der Waals surface area contributed by atoms with Crippen molar-refractivity contribution in [3.05, 3.63) is 100 Å². The van der Waals surface area contributed by atoms with Crippen LogP contribution >= 0.6 is 11.8 Å². The van der Waals surface area contributed by atoms with Crippen LogP contribution in [-0.4, -0.2) is 16.2 Å². The lowest BCUT2D eigenvalue weighted by atomic mass is 9.95. The second kappa shape index (κ2) is 9.33. The van der Waals surface area contributed by atoms with Gasteiger partial charge in [-0.25, -0.2) is 4.98 Å². The van der Waals surface area contributed by atoms with E-state index >= 15 is 0 Å². The lowest BCUT2D eigenvalue weighted by Crippen LogP contribution is -2.14. The monoisotopic (exact) mass is 425 g/mol. The van der Waals surface area contributed by atoms with Gasteiger partial charge < -0.3 is 9.72 Å². The molecule has 0 aliphatic heterocycles. The predicted molar refractivity (Wildman–Crippen MR) is 123 cm³/mol. The van der Waals surface area contributed by atoms with Gasteiger partial charge in [0.1, 0.15) is 24.0 Å². The predicted octanol–water partition coefficient (Wildman–Crippen LogP) is 5.28. The Labute approximate surface area is 184 Å². The number of hydrogen-bond donors (Lipinski definition) is 1. The van der Waals surface area contributed by atoms with Crippen molar-refractivity contribution in [1.82, 2.24) is 9.97 Å². The molecule has 0 aliphatic carbocycles. The summed E-state index contributed by atoms with van der Waals surface area (Å²) in [6, 6.07) is 27.4. The third kappa shape index (κ3) is 4.52. The van der Waals surface area contributed by atoms with Crippen LogP contribution in [0, 0.1) is 11.3 Å². The van der Waals surface area contributed by atoms with Crippen molar-refractivity contribution in [3.8, 4) is 34.2 Å². The summed E-state index contributed by atoms with van der Waals surface area (Å²) in [7, 11) is 0. The molecule has 0 saturated carbocycles. The fraction of sp³-hybridized carbons (Fsp3) is 0.0800. The number of thioether (sulfide) groups is 1. The van der Waals surface area contributed by atoms with Gasteiger partial charge >= 0.3 is 0 Å². The average Bonchev–Trinajstić information content (AvgIpc) is 2.83. The van der Waals surface area contributed by atoms with Crippen LogP contribution in [-0.2, 0) is 6.61 Å². The largest absolute Gasteiger partial charge is 0.489 e. The van der Waals surface area contributed by atoms with Crippen LogP contribution in [0.2, 0.25) is 0 Å². The number of benzene rings is 3. The summed E-state index contributed by atoms with van der Waals surface area (Å²) >= 11 is 1.32. The van der Waals surface area contributed by atoms with Gasteiger partial charge in [0.05, 0.1) is 5.69 Å². The number of ether oxygens (including phenoxy) is 1. The van der Waals surface area contributed by atoms with Crippen molar-refractivity contribution in [2.45, 2.75) is 11.8 Å². The van der Waals surface area contributed by atoms with E-state index in [1.165, 1.54) is 11.8 Å². The summed E-state index contributed by atoms with van der Waals surface area (Å²) in [5.74, 6) is 0.736. The molecule has 6 heteroatoms. The van der Waals surface area contributed by atoms with Crippen LogP contribution in [0.4, 0.5) is 0 Å². The number of nitriles is 1. The number of H-pyrrole nitrogens is 1. The molecule has 31 heavy (non-hydrogen) atoms. The Kier molecular flexibility index (Phi) is 6.16. The number of nitrogens with one attached hydrogen (secondary N) is 1. The van der Waals surface area contributed by atoms with Crippen molar-refractivity contribution in [1.29, 1.82) is 5.26 Å². The molecular weight excluding hydrogens is 406 g/mol. The third-order valence-corrected chi connectivity index (χ3v) is 5.36. The van der Waals surface area contributed by atoms with Gasteiger partial charge in [-0.2, -0.15) is 5.26 Å². The molecule has 0 saturated heterocycles. The van der Waals surface area contributed by atoms with Crippen molar-refractivity contribution in [2.75, 3.05) is 6.26 Å². The van der Waals surface area contributed by atoms with Crippen LogP contribution in [0.5, 0.6) is 5.75 Å². The zero-order chi connectivity index (χ0) is 21.6. The molecule has 1 aromatic heterocycles. The van der Waals surface area contributed by atoms with Gasteiger partial charge in [-0.05, 0) is 35.1 Å². The molecule has 4 aromatic rings. The van der Waals surface area contributed by atoms with Crippen LogP contribution in [0.25, 0.3) is 22.4 Å². The summed E-state index contributed by atoms with van der Waals surface area (Å²) in [6.07, 6.45) is 1.83. The molecule has 0 bridgehead atoms.